The number of hydrogen-bond acceptors (Lipinski definition) is 2. The van der Waals surface area contributed by atoms with E-state index in [1.54, 1.807) is 31.3 Å². The lowest BCUT2D eigenvalue weighted by Crippen LogP contribution is -2.32. The molecular formula is C21H17F3N2O2. The third-order valence-corrected chi connectivity index (χ3v) is 4.80. The molecule has 144 valence electrons. The van der Waals surface area contributed by atoms with Crippen LogP contribution < -0.4 is 5.32 Å². The monoisotopic (exact) mass is 386 g/mol. The van der Waals surface area contributed by atoms with Crippen molar-refractivity contribution >= 4 is 17.5 Å². The highest BCUT2D eigenvalue weighted by molar-refractivity contribution is 6.08. The quantitative estimate of drug-likeness (QED) is 0.649. The van der Waals surface area contributed by atoms with E-state index in [0.29, 0.717) is 16.8 Å². The second-order valence-electron chi connectivity index (χ2n) is 6.60. The van der Waals surface area contributed by atoms with E-state index in [2.05, 4.69) is 11.2 Å². The van der Waals surface area contributed by atoms with Crippen LogP contribution in [-0.4, -0.2) is 30.3 Å². The summed E-state index contributed by atoms with van der Waals surface area (Å²) in [5, 5.41) is 2.68. The summed E-state index contributed by atoms with van der Waals surface area (Å²) in [4.78, 5) is 26.8. The Morgan fingerprint density at radius 1 is 1.18 bits per heavy atom. The lowest BCUT2D eigenvalue weighted by Gasteiger charge is -2.18. The van der Waals surface area contributed by atoms with Gasteiger partial charge >= 0.3 is 6.18 Å². The molecule has 1 aliphatic heterocycles. The summed E-state index contributed by atoms with van der Waals surface area (Å²) in [6.45, 7) is 0.235. The normalized spacial score (nSPS) is 19.4. The summed E-state index contributed by atoms with van der Waals surface area (Å²) < 4.78 is 38.4. The Hall–Kier alpha value is -3.27. The molecule has 2 aromatic carbocycles. The second-order valence-corrected chi connectivity index (χ2v) is 6.60. The fourth-order valence-electron chi connectivity index (χ4n) is 3.34. The van der Waals surface area contributed by atoms with Gasteiger partial charge in [0.1, 0.15) is 5.92 Å². The first-order chi connectivity index (χ1) is 13.2. The zero-order valence-corrected chi connectivity index (χ0v) is 15.0. The number of anilines is 1. The number of hydrogen-bond donors (Lipinski definition) is 1. The lowest BCUT2D eigenvalue weighted by atomic mass is 9.87. The molecule has 0 saturated carbocycles. The molecule has 2 aromatic rings. The second kappa shape index (κ2) is 7.39. The van der Waals surface area contributed by atoms with E-state index in [9.17, 15) is 22.8 Å². The smallest absolute Gasteiger partial charge is 0.344 e. The molecule has 0 unspecified atom stereocenters. The van der Waals surface area contributed by atoms with Crippen LogP contribution in [0.25, 0.3) is 0 Å². The molecule has 0 aromatic heterocycles. The van der Waals surface area contributed by atoms with Gasteiger partial charge in [0.2, 0.25) is 11.8 Å². The number of para-hydroxylation sites is 1. The molecule has 1 fully saturated rings. The fraction of sp³-hybridized carbons (Fsp3) is 0.238. The van der Waals surface area contributed by atoms with Crippen LogP contribution in [0.5, 0.6) is 0 Å². The molecule has 0 spiro atoms. The molecule has 0 bridgehead atoms. The fourth-order valence-corrected chi connectivity index (χ4v) is 3.34. The number of nitrogens with zero attached hydrogens (tertiary/aromatic N) is 1. The molecule has 2 atom stereocenters. The summed E-state index contributed by atoms with van der Waals surface area (Å²) in [6, 6.07) is 11.3. The molecule has 1 aliphatic rings. The molecule has 0 radical (unpaired) electrons. The molecule has 7 heteroatoms. The van der Waals surface area contributed by atoms with E-state index in [4.69, 9.17) is 6.42 Å². The Morgan fingerprint density at radius 2 is 1.82 bits per heavy atom. The van der Waals surface area contributed by atoms with Gasteiger partial charge in [0.05, 0.1) is 11.3 Å². The predicted octanol–water partition coefficient (Wildman–Crippen LogP) is 3.50. The molecular weight excluding hydrogens is 369 g/mol. The highest BCUT2D eigenvalue weighted by atomic mass is 19.4. The number of alkyl halides is 3. The number of carbonyl (C=O) groups is 2. The van der Waals surface area contributed by atoms with Crippen LogP contribution in [0.3, 0.4) is 0 Å². The number of rotatable bonds is 3. The Balaban J connectivity index is 1.88. The number of likely N-dealkylation sites (N-methyl/N-ethyl adjacent to an activating group) is 1. The van der Waals surface area contributed by atoms with Crippen molar-refractivity contribution in [3.63, 3.8) is 0 Å². The van der Waals surface area contributed by atoms with E-state index in [1.807, 2.05) is 0 Å². The van der Waals surface area contributed by atoms with E-state index >= 15 is 0 Å². The number of amides is 2. The van der Waals surface area contributed by atoms with Crippen LogP contribution in [0.4, 0.5) is 18.9 Å². The first-order valence-electron chi connectivity index (χ1n) is 8.51. The van der Waals surface area contributed by atoms with Crippen molar-refractivity contribution in [2.75, 3.05) is 18.9 Å². The third kappa shape index (κ3) is 3.72. The van der Waals surface area contributed by atoms with Crippen LogP contribution in [-0.2, 0) is 15.8 Å². The number of likely N-dealkylation sites (tertiary alicyclic amines) is 1. The Kier molecular flexibility index (Phi) is 5.14. The van der Waals surface area contributed by atoms with Crippen molar-refractivity contribution in [2.24, 2.45) is 5.92 Å². The SMILES string of the molecule is C#Cc1ccccc1NC(=O)[C@H]1C(=O)N(C)C[C@@H]1c1ccc(C(F)(F)F)cc1. The predicted molar refractivity (Wildman–Crippen MR) is 98.3 cm³/mol. The minimum Gasteiger partial charge on any atom is -0.344 e. The zero-order chi connectivity index (χ0) is 20.5. The number of terminal acetylenes is 1. The van der Waals surface area contributed by atoms with Gasteiger partial charge in [0.25, 0.3) is 0 Å². The molecule has 3 rings (SSSR count). The first-order valence-corrected chi connectivity index (χ1v) is 8.51. The van der Waals surface area contributed by atoms with Gasteiger partial charge < -0.3 is 10.2 Å². The van der Waals surface area contributed by atoms with Gasteiger partial charge in [-0.05, 0) is 29.8 Å². The molecule has 1 N–H and O–H groups in total. The maximum absolute atomic E-state index is 12.8. The minimum absolute atomic E-state index is 0.235. The average molecular weight is 386 g/mol. The number of benzene rings is 2. The summed E-state index contributed by atoms with van der Waals surface area (Å²) in [7, 11) is 1.56. The summed E-state index contributed by atoms with van der Waals surface area (Å²) in [5.74, 6) is -0.0762. The van der Waals surface area contributed by atoms with Gasteiger partial charge in [-0.3, -0.25) is 9.59 Å². The standard InChI is InChI=1S/C21H17F3N2O2/c1-3-13-6-4-5-7-17(13)25-19(27)18-16(12-26(2)20(18)28)14-8-10-15(11-9-14)21(22,23)24/h1,4-11,16,18H,12H2,2H3,(H,25,27)/t16-,18+/m1/s1. The van der Waals surface area contributed by atoms with Gasteiger partial charge in [0.15, 0.2) is 0 Å². The maximum atomic E-state index is 12.8. The summed E-state index contributed by atoms with van der Waals surface area (Å²) >= 11 is 0. The molecule has 0 aliphatic carbocycles. The number of halogens is 3. The molecule has 1 saturated heterocycles. The van der Waals surface area contributed by atoms with E-state index in [-0.39, 0.29) is 12.5 Å². The minimum atomic E-state index is -4.45. The van der Waals surface area contributed by atoms with Crippen LogP contribution >= 0.6 is 0 Å². The van der Waals surface area contributed by atoms with Gasteiger partial charge in [-0.15, -0.1) is 6.42 Å². The Bertz CT molecular complexity index is 945. The number of nitrogens with one attached hydrogen (secondary N) is 1. The van der Waals surface area contributed by atoms with E-state index < -0.39 is 29.5 Å². The van der Waals surface area contributed by atoms with Gasteiger partial charge in [0, 0.05) is 25.1 Å². The van der Waals surface area contributed by atoms with Crippen molar-refractivity contribution in [1.82, 2.24) is 4.90 Å². The van der Waals surface area contributed by atoms with Gasteiger partial charge in [-0.25, -0.2) is 0 Å². The maximum Gasteiger partial charge on any atom is 0.416 e. The van der Waals surface area contributed by atoms with Crippen molar-refractivity contribution in [1.29, 1.82) is 0 Å². The Morgan fingerprint density at radius 3 is 2.43 bits per heavy atom. The summed E-state index contributed by atoms with van der Waals surface area (Å²) in [6.07, 6.45) is 0.981. The lowest BCUT2D eigenvalue weighted by molar-refractivity contribution is -0.138. The van der Waals surface area contributed by atoms with E-state index in [1.165, 1.54) is 17.0 Å². The zero-order valence-electron chi connectivity index (χ0n) is 15.0. The van der Waals surface area contributed by atoms with Crippen LogP contribution in [0, 0.1) is 18.3 Å². The first kappa shape index (κ1) is 19.5. The average Bonchev–Trinajstić information content (AvgIpc) is 2.96. The van der Waals surface area contributed by atoms with Crippen LogP contribution in [0.15, 0.2) is 48.5 Å². The van der Waals surface area contributed by atoms with Gasteiger partial charge in [-0.1, -0.05) is 30.2 Å². The van der Waals surface area contributed by atoms with Crippen LogP contribution in [0.2, 0.25) is 0 Å². The highest BCUT2D eigenvalue weighted by Gasteiger charge is 2.44. The van der Waals surface area contributed by atoms with Gasteiger partial charge in [-0.2, -0.15) is 13.2 Å². The molecule has 2 amide bonds. The Labute approximate surface area is 160 Å². The van der Waals surface area contributed by atoms with E-state index in [0.717, 1.165) is 12.1 Å². The largest absolute Gasteiger partial charge is 0.416 e. The molecule has 1 heterocycles. The van der Waals surface area contributed by atoms with Crippen molar-refractivity contribution < 1.29 is 22.8 Å². The van der Waals surface area contributed by atoms with Crippen molar-refractivity contribution in [3.05, 3.63) is 65.2 Å². The van der Waals surface area contributed by atoms with Crippen molar-refractivity contribution in [3.8, 4) is 12.3 Å². The third-order valence-electron chi connectivity index (χ3n) is 4.80. The van der Waals surface area contributed by atoms with Crippen LogP contribution in [0.1, 0.15) is 22.6 Å². The topological polar surface area (TPSA) is 49.4 Å². The molecule has 28 heavy (non-hydrogen) atoms. The summed E-state index contributed by atoms with van der Waals surface area (Å²) in [5.41, 5.74) is 0.596. The number of carbonyl (C=O) groups excluding carboxylic acids is 2. The highest BCUT2D eigenvalue weighted by Crippen LogP contribution is 2.36. The van der Waals surface area contributed by atoms with Crippen molar-refractivity contribution in [2.45, 2.75) is 12.1 Å². The molecule has 4 nitrogen and oxygen atoms in total.